The van der Waals surface area contributed by atoms with Crippen molar-refractivity contribution in [1.82, 2.24) is 4.98 Å². The number of pyridine rings is 1. The lowest BCUT2D eigenvalue weighted by Crippen LogP contribution is -1.91. The van der Waals surface area contributed by atoms with Crippen molar-refractivity contribution >= 4 is 32.2 Å². The third kappa shape index (κ3) is 3.70. The molecule has 6 rings (SSSR count). The lowest BCUT2D eigenvalue weighted by atomic mass is 9.94. The van der Waals surface area contributed by atoms with Gasteiger partial charge in [0.05, 0.1) is 5.69 Å². The average Bonchev–Trinajstić information content (AvgIpc) is 3.33. The second-order valence-corrected chi connectivity index (χ2v) is 10.2. The summed E-state index contributed by atoms with van der Waals surface area (Å²) in [5.41, 5.74) is 7.30. The molecule has 4 aromatic carbocycles. The molecule has 2 aromatic heterocycles. The Balaban J connectivity index is 1.63. The van der Waals surface area contributed by atoms with E-state index in [1.807, 2.05) is 17.5 Å². The van der Waals surface area contributed by atoms with Crippen LogP contribution >= 0.6 is 11.3 Å². The Bertz CT molecular complexity index is 1610. The molecule has 0 radical (unpaired) electrons. The van der Waals surface area contributed by atoms with Crippen LogP contribution in [0.5, 0.6) is 0 Å². The lowest BCUT2D eigenvalue weighted by molar-refractivity contribution is 0.869. The van der Waals surface area contributed by atoms with Crippen molar-refractivity contribution in [3.63, 3.8) is 0 Å². The summed E-state index contributed by atoms with van der Waals surface area (Å²) in [4.78, 5) is 6.18. The monoisotopic (exact) mass is 455 g/mol. The van der Waals surface area contributed by atoms with E-state index >= 15 is 0 Å². The summed E-state index contributed by atoms with van der Waals surface area (Å²) in [5.74, 6) is 0.477. The van der Waals surface area contributed by atoms with E-state index in [0.717, 1.165) is 5.69 Å². The van der Waals surface area contributed by atoms with Crippen LogP contribution in [0.3, 0.4) is 0 Å². The van der Waals surface area contributed by atoms with Crippen LogP contribution in [-0.2, 0) is 0 Å². The van der Waals surface area contributed by atoms with Gasteiger partial charge in [-0.25, -0.2) is 0 Å². The maximum atomic E-state index is 4.89. The molecule has 34 heavy (non-hydrogen) atoms. The van der Waals surface area contributed by atoms with Crippen LogP contribution in [0, 0.1) is 0 Å². The van der Waals surface area contributed by atoms with Gasteiger partial charge in [-0.3, -0.25) is 4.98 Å². The summed E-state index contributed by atoms with van der Waals surface area (Å²) in [7, 11) is 0. The van der Waals surface area contributed by atoms with E-state index in [1.165, 1.54) is 53.6 Å². The highest BCUT2D eigenvalue weighted by Crippen LogP contribution is 2.42. The van der Waals surface area contributed by atoms with Crippen molar-refractivity contribution in [2.24, 2.45) is 0 Å². The van der Waals surface area contributed by atoms with Gasteiger partial charge in [0, 0.05) is 32.1 Å². The number of thiophene rings is 1. The molecule has 0 aliphatic rings. The Hall–Kier alpha value is -3.75. The van der Waals surface area contributed by atoms with Crippen molar-refractivity contribution in [2.75, 3.05) is 0 Å². The minimum atomic E-state index is 0.477. The van der Waals surface area contributed by atoms with Gasteiger partial charge in [0.15, 0.2) is 0 Å². The van der Waals surface area contributed by atoms with Crippen LogP contribution in [0.4, 0.5) is 0 Å². The second kappa shape index (κ2) is 8.55. The quantitative estimate of drug-likeness (QED) is 0.258. The Kier molecular flexibility index (Phi) is 5.24. The summed E-state index contributed by atoms with van der Waals surface area (Å²) < 4.78 is 1.29. The van der Waals surface area contributed by atoms with E-state index in [1.54, 1.807) is 0 Å². The van der Waals surface area contributed by atoms with Crippen molar-refractivity contribution < 1.29 is 0 Å². The van der Waals surface area contributed by atoms with Crippen LogP contribution in [-0.4, -0.2) is 4.98 Å². The lowest BCUT2D eigenvalue weighted by Gasteiger charge is -2.12. The van der Waals surface area contributed by atoms with Gasteiger partial charge in [-0.05, 0) is 63.9 Å². The number of hydrogen-bond donors (Lipinski definition) is 0. The van der Waals surface area contributed by atoms with E-state index in [2.05, 4.69) is 117 Å². The highest BCUT2D eigenvalue weighted by molar-refractivity contribution is 7.22. The van der Waals surface area contributed by atoms with Gasteiger partial charge in [0.1, 0.15) is 0 Å². The minimum Gasteiger partial charge on any atom is -0.256 e. The number of benzene rings is 4. The zero-order valence-corrected chi connectivity index (χ0v) is 20.1. The Labute approximate surface area is 204 Å². The van der Waals surface area contributed by atoms with Crippen molar-refractivity contribution in [3.05, 3.63) is 115 Å². The van der Waals surface area contributed by atoms with Gasteiger partial charge in [0.25, 0.3) is 0 Å². The van der Waals surface area contributed by atoms with Crippen LogP contribution in [0.1, 0.15) is 25.3 Å². The molecule has 0 atom stereocenters. The van der Waals surface area contributed by atoms with Crippen molar-refractivity contribution in [1.29, 1.82) is 0 Å². The highest BCUT2D eigenvalue weighted by Gasteiger charge is 2.15. The largest absolute Gasteiger partial charge is 0.256 e. The number of hydrogen-bond acceptors (Lipinski definition) is 2. The van der Waals surface area contributed by atoms with Gasteiger partial charge in [0.2, 0.25) is 0 Å². The SMILES string of the molecule is CC(C)c1ccc2ccnc(-c3cc(-c4ccccc4)c4cc(-c5ccccc5)sc4c3)c2c1. The average molecular weight is 456 g/mol. The summed E-state index contributed by atoms with van der Waals surface area (Å²) in [6.07, 6.45) is 1.93. The fourth-order valence-electron chi connectivity index (χ4n) is 4.65. The fraction of sp³-hybridized carbons (Fsp3) is 0.0938. The first-order chi connectivity index (χ1) is 16.7. The zero-order chi connectivity index (χ0) is 23.1. The Morgan fingerprint density at radius 2 is 1.38 bits per heavy atom. The molecule has 0 spiro atoms. The normalized spacial score (nSPS) is 11.5. The van der Waals surface area contributed by atoms with E-state index in [9.17, 15) is 0 Å². The fourth-order valence-corrected chi connectivity index (χ4v) is 5.78. The molecule has 2 heterocycles. The minimum absolute atomic E-state index is 0.477. The first-order valence-corrected chi connectivity index (χ1v) is 12.6. The molecular weight excluding hydrogens is 430 g/mol. The summed E-state index contributed by atoms with van der Waals surface area (Å²) in [6.45, 7) is 4.49. The molecule has 0 unspecified atom stereocenters. The van der Waals surface area contributed by atoms with Crippen LogP contribution in [0.25, 0.3) is 53.7 Å². The topological polar surface area (TPSA) is 12.9 Å². The molecule has 0 bridgehead atoms. The molecule has 2 heteroatoms. The molecule has 0 aliphatic carbocycles. The van der Waals surface area contributed by atoms with Gasteiger partial charge in [-0.2, -0.15) is 0 Å². The number of nitrogens with zero attached hydrogens (tertiary/aromatic N) is 1. The highest BCUT2D eigenvalue weighted by atomic mass is 32.1. The van der Waals surface area contributed by atoms with Crippen molar-refractivity contribution in [2.45, 2.75) is 19.8 Å². The molecule has 0 saturated heterocycles. The molecule has 6 aromatic rings. The molecular formula is C32H25NS. The second-order valence-electron chi connectivity index (χ2n) is 9.07. The van der Waals surface area contributed by atoms with Gasteiger partial charge < -0.3 is 0 Å². The first-order valence-electron chi connectivity index (χ1n) is 11.7. The summed E-state index contributed by atoms with van der Waals surface area (Å²) in [5, 5.41) is 3.74. The molecule has 164 valence electrons. The van der Waals surface area contributed by atoms with Crippen LogP contribution in [0.15, 0.2) is 109 Å². The maximum absolute atomic E-state index is 4.89. The van der Waals surface area contributed by atoms with E-state index in [4.69, 9.17) is 4.98 Å². The predicted molar refractivity (Wildman–Crippen MR) is 148 cm³/mol. The summed E-state index contributed by atoms with van der Waals surface area (Å²) >= 11 is 1.85. The Morgan fingerprint density at radius 1 is 0.647 bits per heavy atom. The third-order valence-corrected chi connectivity index (χ3v) is 7.64. The molecule has 0 aliphatic heterocycles. The smallest absolute Gasteiger partial charge is 0.0781 e. The van der Waals surface area contributed by atoms with Gasteiger partial charge in [-0.15, -0.1) is 11.3 Å². The van der Waals surface area contributed by atoms with Crippen LogP contribution < -0.4 is 0 Å². The van der Waals surface area contributed by atoms with Crippen LogP contribution in [0.2, 0.25) is 0 Å². The molecule has 0 saturated carbocycles. The number of fused-ring (bicyclic) bond motifs is 2. The summed E-state index contributed by atoms with van der Waals surface area (Å²) in [6, 6.07) is 37.2. The number of aromatic nitrogens is 1. The van der Waals surface area contributed by atoms with Gasteiger partial charge in [-0.1, -0.05) is 86.6 Å². The molecule has 0 fully saturated rings. The first kappa shape index (κ1) is 20.8. The van der Waals surface area contributed by atoms with Crippen molar-refractivity contribution in [3.8, 4) is 32.8 Å². The third-order valence-electron chi connectivity index (χ3n) is 6.51. The molecule has 0 amide bonds. The van der Waals surface area contributed by atoms with E-state index < -0.39 is 0 Å². The number of rotatable bonds is 4. The van der Waals surface area contributed by atoms with Gasteiger partial charge >= 0.3 is 0 Å². The maximum Gasteiger partial charge on any atom is 0.0781 e. The Morgan fingerprint density at radius 3 is 2.12 bits per heavy atom. The molecule has 0 N–H and O–H groups in total. The standard InChI is InChI=1S/C32H25NS/c1-21(2)25-14-13-23-15-16-33-32(28(23)17-25)26-18-27(22-9-5-3-6-10-22)29-20-30(34-31(29)19-26)24-11-7-4-8-12-24/h3-21H,1-2H3. The van der Waals surface area contributed by atoms with E-state index in [0.29, 0.717) is 5.92 Å². The van der Waals surface area contributed by atoms with E-state index in [-0.39, 0.29) is 0 Å². The zero-order valence-electron chi connectivity index (χ0n) is 19.3. The molecule has 1 nitrogen and oxygen atoms in total. The predicted octanol–water partition coefficient (Wildman–Crippen LogP) is 9.57.